The molecule has 0 amide bonds. The highest BCUT2D eigenvalue weighted by molar-refractivity contribution is 5.98. The fourth-order valence-electron chi connectivity index (χ4n) is 2.04. The lowest BCUT2D eigenvalue weighted by atomic mass is 10.1. The first-order valence-electron chi connectivity index (χ1n) is 7.37. The molecule has 0 spiro atoms. The summed E-state index contributed by atoms with van der Waals surface area (Å²) in [5.41, 5.74) is 7.97. The molecule has 0 bridgehead atoms. The molecular formula is C18H14FN3O3. The van der Waals surface area contributed by atoms with E-state index in [0.717, 1.165) is 11.1 Å². The number of carbonyl (C=O) groups is 1. The quantitative estimate of drug-likeness (QED) is 0.341. The summed E-state index contributed by atoms with van der Waals surface area (Å²) in [5, 5.41) is 7.20. The molecule has 6 nitrogen and oxygen atoms in total. The van der Waals surface area contributed by atoms with Gasteiger partial charge in [0, 0.05) is 17.2 Å². The van der Waals surface area contributed by atoms with Crippen LogP contribution < -0.4 is 5.73 Å². The van der Waals surface area contributed by atoms with Gasteiger partial charge in [0.05, 0.1) is 0 Å². The molecule has 2 N–H and O–H groups in total. The van der Waals surface area contributed by atoms with Crippen molar-refractivity contribution in [1.29, 1.82) is 0 Å². The summed E-state index contributed by atoms with van der Waals surface area (Å²) in [6, 6.07) is 14.3. The van der Waals surface area contributed by atoms with Gasteiger partial charge in [-0.25, -0.2) is 9.18 Å². The molecule has 0 aliphatic carbocycles. The van der Waals surface area contributed by atoms with Crippen LogP contribution in [0.15, 0.2) is 64.3 Å². The Morgan fingerprint density at radius 3 is 2.52 bits per heavy atom. The largest absolute Gasteiger partial charge is 0.387 e. The molecule has 0 unspecified atom stereocenters. The zero-order chi connectivity index (χ0) is 17.8. The van der Waals surface area contributed by atoms with Crippen LogP contribution in [-0.4, -0.2) is 17.0 Å². The van der Waals surface area contributed by atoms with Crippen LogP contribution in [0.25, 0.3) is 11.3 Å². The number of nitrogens with two attached hydrogens (primary N) is 1. The number of hydrogen-bond donors (Lipinski definition) is 1. The molecule has 126 valence electrons. The van der Waals surface area contributed by atoms with E-state index in [9.17, 15) is 9.18 Å². The summed E-state index contributed by atoms with van der Waals surface area (Å²) < 4.78 is 18.0. The van der Waals surface area contributed by atoms with Crippen LogP contribution in [0.2, 0.25) is 0 Å². The molecule has 1 aromatic heterocycles. The lowest BCUT2D eigenvalue weighted by Gasteiger charge is -1.99. The minimum atomic E-state index is -0.813. The highest BCUT2D eigenvalue weighted by Crippen LogP contribution is 2.21. The van der Waals surface area contributed by atoms with Crippen LogP contribution in [0.4, 0.5) is 4.39 Å². The Kier molecular flexibility index (Phi) is 4.56. The Labute approximate surface area is 142 Å². The predicted octanol–water partition coefficient (Wildman–Crippen LogP) is 3.27. The predicted molar refractivity (Wildman–Crippen MR) is 89.2 cm³/mol. The molecule has 0 fully saturated rings. The maximum absolute atomic E-state index is 12.9. The fourth-order valence-corrected chi connectivity index (χ4v) is 2.04. The Morgan fingerprint density at radius 2 is 1.84 bits per heavy atom. The summed E-state index contributed by atoms with van der Waals surface area (Å²) in [4.78, 5) is 16.7. The third-order valence-electron chi connectivity index (χ3n) is 3.42. The Hall–Kier alpha value is -3.48. The Balaban J connectivity index is 1.70. The third kappa shape index (κ3) is 3.89. The number of nitrogens with zero attached hydrogens (tertiary/aromatic N) is 2. The number of hydrogen-bond acceptors (Lipinski definition) is 5. The van der Waals surface area contributed by atoms with E-state index >= 15 is 0 Å². The van der Waals surface area contributed by atoms with E-state index < -0.39 is 11.8 Å². The van der Waals surface area contributed by atoms with Crippen molar-refractivity contribution in [3.05, 3.63) is 77.2 Å². The second-order valence-electron chi connectivity index (χ2n) is 5.30. The summed E-state index contributed by atoms with van der Waals surface area (Å²) in [5.74, 6) is -0.843. The van der Waals surface area contributed by atoms with E-state index in [-0.39, 0.29) is 11.5 Å². The van der Waals surface area contributed by atoms with Crippen LogP contribution in [0, 0.1) is 12.7 Å². The maximum Gasteiger partial charge on any atom is 0.387 e. The molecule has 1 heterocycles. The molecule has 3 rings (SSSR count). The number of aryl methyl sites for hydroxylation is 1. The van der Waals surface area contributed by atoms with Gasteiger partial charge in [0.2, 0.25) is 0 Å². The van der Waals surface area contributed by atoms with Gasteiger partial charge in [-0.05, 0) is 31.2 Å². The SMILES string of the molecule is Cc1ccc(-c2cc(C(=O)O/N=C(\N)c3ccc(F)cc3)no2)cc1. The number of carbonyl (C=O) groups excluding carboxylic acids is 1. The van der Waals surface area contributed by atoms with Gasteiger partial charge in [0.1, 0.15) is 5.82 Å². The Morgan fingerprint density at radius 1 is 1.16 bits per heavy atom. The molecule has 0 aliphatic heterocycles. The van der Waals surface area contributed by atoms with Crippen LogP contribution in [0.3, 0.4) is 0 Å². The molecule has 2 aromatic carbocycles. The van der Waals surface area contributed by atoms with Crippen molar-refractivity contribution in [2.24, 2.45) is 10.9 Å². The standard InChI is InChI=1S/C18H14FN3O3/c1-11-2-4-12(5-3-11)16-10-15(21-24-16)18(23)25-22-17(20)13-6-8-14(19)9-7-13/h2-10H,1H3,(H2,20,22). The second-order valence-corrected chi connectivity index (χ2v) is 5.30. The van der Waals surface area contributed by atoms with Gasteiger partial charge in [-0.1, -0.05) is 40.1 Å². The van der Waals surface area contributed by atoms with Gasteiger partial charge in [0.25, 0.3) is 0 Å². The zero-order valence-electron chi connectivity index (χ0n) is 13.3. The van der Waals surface area contributed by atoms with E-state index in [1.54, 1.807) is 0 Å². The van der Waals surface area contributed by atoms with Crippen LogP contribution in [0.5, 0.6) is 0 Å². The lowest BCUT2D eigenvalue weighted by molar-refractivity contribution is 0.0504. The molecule has 0 saturated carbocycles. The molecule has 0 atom stereocenters. The summed E-state index contributed by atoms with van der Waals surface area (Å²) >= 11 is 0. The van der Waals surface area contributed by atoms with Crippen molar-refractivity contribution in [1.82, 2.24) is 5.16 Å². The summed E-state index contributed by atoms with van der Waals surface area (Å²) in [6.45, 7) is 1.97. The molecule has 0 saturated heterocycles. The average molecular weight is 339 g/mol. The second kappa shape index (κ2) is 6.96. The number of oxime groups is 1. The summed E-state index contributed by atoms with van der Waals surface area (Å²) in [7, 11) is 0. The maximum atomic E-state index is 12.9. The van der Waals surface area contributed by atoms with E-state index in [1.807, 2.05) is 31.2 Å². The van der Waals surface area contributed by atoms with E-state index in [0.29, 0.717) is 11.3 Å². The van der Waals surface area contributed by atoms with E-state index in [2.05, 4.69) is 10.3 Å². The summed E-state index contributed by atoms with van der Waals surface area (Å²) in [6.07, 6.45) is 0. The van der Waals surface area contributed by atoms with Gasteiger partial charge in [0.15, 0.2) is 17.3 Å². The fraction of sp³-hybridized carbons (Fsp3) is 0.0556. The van der Waals surface area contributed by atoms with Gasteiger partial charge >= 0.3 is 5.97 Å². The molecule has 3 aromatic rings. The number of benzene rings is 2. The zero-order valence-corrected chi connectivity index (χ0v) is 13.3. The third-order valence-corrected chi connectivity index (χ3v) is 3.42. The molecule has 7 heteroatoms. The van der Waals surface area contributed by atoms with Crippen molar-refractivity contribution in [3.63, 3.8) is 0 Å². The van der Waals surface area contributed by atoms with Crippen molar-refractivity contribution in [3.8, 4) is 11.3 Å². The number of rotatable bonds is 4. The van der Waals surface area contributed by atoms with Crippen LogP contribution in [0.1, 0.15) is 21.6 Å². The van der Waals surface area contributed by atoms with Gasteiger partial charge in [-0.3, -0.25) is 0 Å². The smallest absolute Gasteiger partial charge is 0.380 e. The first kappa shape index (κ1) is 16.4. The van der Waals surface area contributed by atoms with E-state index in [1.165, 1.54) is 30.3 Å². The van der Waals surface area contributed by atoms with Gasteiger partial charge in [-0.15, -0.1) is 0 Å². The first-order valence-corrected chi connectivity index (χ1v) is 7.37. The van der Waals surface area contributed by atoms with E-state index in [4.69, 9.17) is 15.1 Å². The minimum Gasteiger partial charge on any atom is -0.380 e. The van der Waals surface area contributed by atoms with Crippen LogP contribution in [-0.2, 0) is 4.84 Å². The molecule has 0 radical (unpaired) electrons. The molecule has 25 heavy (non-hydrogen) atoms. The number of halogens is 1. The average Bonchev–Trinajstić information content (AvgIpc) is 3.11. The lowest BCUT2D eigenvalue weighted by Crippen LogP contribution is -2.15. The van der Waals surface area contributed by atoms with Crippen molar-refractivity contribution >= 4 is 11.8 Å². The minimum absolute atomic E-state index is 0.0359. The highest BCUT2D eigenvalue weighted by atomic mass is 19.1. The first-order chi connectivity index (χ1) is 12.0. The normalized spacial score (nSPS) is 11.4. The van der Waals surface area contributed by atoms with Crippen molar-refractivity contribution < 1.29 is 18.5 Å². The van der Waals surface area contributed by atoms with Crippen LogP contribution >= 0.6 is 0 Å². The Bertz CT molecular complexity index is 915. The topological polar surface area (TPSA) is 90.7 Å². The molecular weight excluding hydrogens is 325 g/mol. The van der Waals surface area contributed by atoms with Crippen molar-refractivity contribution in [2.75, 3.05) is 0 Å². The molecule has 0 aliphatic rings. The number of aromatic nitrogens is 1. The highest BCUT2D eigenvalue weighted by Gasteiger charge is 2.15. The van der Waals surface area contributed by atoms with Gasteiger partial charge < -0.3 is 15.1 Å². The van der Waals surface area contributed by atoms with Crippen molar-refractivity contribution in [2.45, 2.75) is 6.92 Å². The number of amidine groups is 1. The van der Waals surface area contributed by atoms with Gasteiger partial charge in [-0.2, -0.15) is 0 Å². The monoisotopic (exact) mass is 339 g/mol.